The van der Waals surface area contributed by atoms with Crippen molar-refractivity contribution >= 4 is 17.1 Å². The van der Waals surface area contributed by atoms with Gasteiger partial charge >= 0.3 is 5.69 Å². The number of aromatic hydroxyl groups is 1. The van der Waals surface area contributed by atoms with Crippen LogP contribution in [0.3, 0.4) is 0 Å². The van der Waals surface area contributed by atoms with E-state index in [4.69, 9.17) is 0 Å². The molecule has 1 aromatic carbocycles. The molecule has 7 nitrogen and oxygen atoms in total. The van der Waals surface area contributed by atoms with E-state index in [2.05, 4.69) is 9.98 Å². The number of aliphatic imine (C=N–C) groups is 1. The molecule has 150 valence electrons. The van der Waals surface area contributed by atoms with Gasteiger partial charge in [0.1, 0.15) is 5.56 Å². The van der Waals surface area contributed by atoms with Gasteiger partial charge in [0.15, 0.2) is 0 Å². The molecule has 0 saturated heterocycles. The molecule has 1 aromatic heterocycles. The van der Waals surface area contributed by atoms with Crippen LogP contribution in [-0.4, -0.2) is 34.5 Å². The van der Waals surface area contributed by atoms with Crippen molar-refractivity contribution in [3.63, 3.8) is 0 Å². The lowest BCUT2D eigenvalue weighted by atomic mass is 9.95. The van der Waals surface area contributed by atoms with Crippen LogP contribution in [0, 0.1) is 0 Å². The summed E-state index contributed by atoms with van der Waals surface area (Å²) in [5.41, 5.74) is 1.07. The Labute approximate surface area is 164 Å². The summed E-state index contributed by atoms with van der Waals surface area (Å²) in [5.74, 6) is -0.273. The molecule has 1 heterocycles. The van der Waals surface area contributed by atoms with Gasteiger partial charge in [-0.2, -0.15) is 0 Å². The molecular formula is C21H28N4O3. The summed E-state index contributed by atoms with van der Waals surface area (Å²) in [4.78, 5) is 33.9. The van der Waals surface area contributed by atoms with E-state index in [0.29, 0.717) is 17.8 Å². The topological polar surface area (TPSA) is 90.7 Å². The molecule has 3 rings (SSSR count). The number of hydrogen-bond acceptors (Lipinski definition) is 5. The first-order valence-corrected chi connectivity index (χ1v) is 9.85. The summed E-state index contributed by atoms with van der Waals surface area (Å²) < 4.78 is 1.34. The molecule has 0 radical (unpaired) electrons. The standard InChI is InChI=1S/C21H28N4O3/c1-4-17(22-14-9-8-12-16(13-14)24(2)3)18-19(26)23-21(28)25(20(18)27)15-10-6-5-7-11-15/h8-9,12-13,15,27H,4-7,10-11H2,1-3H3,(H,23,26,28). The first-order valence-electron chi connectivity index (χ1n) is 9.85. The van der Waals surface area contributed by atoms with Gasteiger partial charge in [0, 0.05) is 25.8 Å². The summed E-state index contributed by atoms with van der Waals surface area (Å²) in [7, 11) is 3.89. The Bertz CT molecular complexity index is 982. The van der Waals surface area contributed by atoms with Crippen LogP contribution in [0.5, 0.6) is 5.88 Å². The van der Waals surface area contributed by atoms with E-state index < -0.39 is 11.2 Å². The van der Waals surface area contributed by atoms with Gasteiger partial charge in [0.2, 0.25) is 5.88 Å². The van der Waals surface area contributed by atoms with Crippen molar-refractivity contribution < 1.29 is 5.11 Å². The minimum Gasteiger partial charge on any atom is -0.494 e. The summed E-state index contributed by atoms with van der Waals surface area (Å²) in [6, 6.07) is 7.54. The minimum absolute atomic E-state index is 0.0860. The van der Waals surface area contributed by atoms with Gasteiger partial charge in [0.05, 0.1) is 11.4 Å². The number of H-pyrrole nitrogens is 1. The maximum Gasteiger partial charge on any atom is 0.331 e. The zero-order valence-electron chi connectivity index (χ0n) is 16.7. The second-order valence-corrected chi connectivity index (χ2v) is 7.45. The van der Waals surface area contributed by atoms with Crippen LogP contribution >= 0.6 is 0 Å². The largest absolute Gasteiger partial charge is 0.494 e. The molecule has 0 aliphatic heterocycles. The van der Waals surface area contributed by atoms with Crippen LogP contribution in [0.2, 0.25) is 0 Å². The van der Waals surface area contributed by atoms with Crippen molar-refractivity contribution in [2.24, 2.45) is 4.99 Å². The number of aromatic amines is 1. The molecule has 0 amide bonds. The Morgan fingerprint density at radius 2 is 1.96 bits per heavy atom. The minimum atomic E-state index is -0.598. The quantitative estimate of drug-likeness (QED) is 0.774. The van der Waals surface area contributed by atoms with E-state index in [1.54, 1.807) is 0 Å². The van der Waals surface area contributed by atoms with E-state index in [1.165, 1.54) is 4.57 Å². The lowest BCUT2D eigenvalue weighted by Crippen LogP contribution is -2.36. The van der Waals surface area contributed by atoms with Crippen molar-refractivity contribution in [2.45, 2.75) is 51.5 Å². The van der Waals surface area contributed by atoms with Gasteiger partial charge < -0.3 is 10.0 Å². The van der Waals surface area contributed by atoms with Gasteiger partial charge in [-0.25, -0.2) is 4.79 Å². The lowest BCUT2D eigenvalue weighted by molar-refractivity contribution is 0.298. The third-order valence-electron chi connectivity index (χ3n) is 5.29. The van der Waals surface area contributed by atoms with E-state index in [9.17, 15) is 14.7 Å². The van der Waals surface area contributed by atoms with Crippen molar-refractivity contribution in [1.29, 1.82) is 0 Å². The maximum atomic E-state index is 12.5. The Morgan fingerprint density at radius 1 is 1.25 bits per heavy atom. The molecule has 1 aliphatic carbocycles. The number of nitrogens with zero attached hydrogens (tertiary/aromatic N) is 3. The average Bonchev–Trinajstić information content (AvgIpc) is 2.67. The fraction of sp³-hybridized carbons (Fsp3) is 0.476. The summed E-state index contributed by atoms with van der Waals surface area (Å²) in [6.45, 7) is 1.88. The highest BCUT2D eigenvalue weighted by atomic mass is 16.3. The number of aromatic nitrogens is 2. The molecule has 0 spiro atoms. The second kappa shape index (κ2) is 8.46. The fourth-order valence-corrected chi connectivity index (χ4v) is 3.78. The summed E-state index contributed by atoms with van der Waals surface area (Å²) in [6.07, 6.45) is 5.25. The highest BCUT2D eigenvalue weighted by molar-refractivity contribution is 6.03. The van der Waals surface area contributed by atoms with Crippen LogP contribution in [-0.2, 0) is 0 Å². The van der Waals surface area contributed by atoms with Crippen molar-refractivity contribution in [1.82, 2.24) is 9.55 Å². The molecule has 0 atom stereocenters. The Morgan fingerprint density at radius 3 is 2.61 bits per heavy atom. The molecule has 1 saturated carbocycles. The smallest absolute Gasteiger partial charge is 0.331 e. The van der Waals surface area contributed by atoms with Crippen LogP contribution in [0.4, 0.5) is 11.4 Å². The number of hydrogen-bond donors (Lipinski definition) is 2. The monoisotopic (exact) mass is 384 g/mol. The van der Waals surface area contributed by atoms with E-state index in [1.807, 2.05) is 50.2 Å². The van der Waals surface area contributed by atoms with Gasteiger partial charge in [-0.05, 0) is 37.5 Å². The SMILES string of the molecule is CCC(=Nc1cccc(N(C)C)c1)c1c(O)n(C2CCCCC2)c(=O)[nH]c1=O. The second-order valence-electron chi connectivity index (χ2n) is 7.45. The highest BCUT2D eigenvalue weighted by Crippen LogP contribution is 2.31. The van der Waals surface area contributed by atoms with E-state index in [-0.39, 0.29) is 17.5 Å². The van der Waals surface area contributed by atoms with Crippen LogP contribution in [0.25, 0.3) is 0 Å². The average molecular weight is 384 g/mol. The zero-order valence-corrected chi connectivity index (χ0v) is 16.7. The Hall–Kier alpha value is -2.83. The maximum absolute atomic E-state index is 12.5. The molecule has 7 heteroatoms. The first kappa shape index (κ1) is 19.9. The third kappa shape index (κ3) is 4.03. The molecule has 0 bridgehead atoms. The predicted molar refractivity (Wildman–Crippen MR) is 112 cm³/mol. The van der Waals surface area contributed by atoms with E-state index in [0.717, 1.165) is 37.8 Å². The molecule has 1 fully saturated rings. The molecular weight excluding hydrogens is 356 g/mol. The Kier molecular flexibility index (Phi) is 6.02. The Balaban J connectivity index is 2.11. The molecule has 28 heavy (non-hydrogen) atoms. The van der Waals surface area contributed by atoms with Crippen molar-refractivity contribution in [3.05, 3.63) is 50.7 Å². The molecule has 2 N–H and O–H groups in total. The highest BCUT2D eigenvalue weighted by Gasteiger charge is 2.24. The van der Waals surface area contributed by atoms with Crippen LogP contribution < -0.4 is 16.1 Å². The first-order chi connectivity index (χ1) is 13.4. The lowest BCUT2D eigenvalue weighted by Gasteiger charge is -2.25. The zero-order chi connectivity index (χ0) is 20.3. The molecule has 1 aliphatic rings. The van der Waals surface area contributed by atoms with Gasteiger partial charge in [-0.1, -0.05) is 32.3 Å². The van der Waals surface area contributed by atoms with Gasteiger partial charge in [0.25, 0.3) is 5.56 Å². The predicted octanol–water partition coefficient (Wildman–Crippen LogP) is 3.34. The molecule has 2 aromatic rings. The van der Waals surface area contributed by atoms with Crippen molar-refractivity contribution in [3.8, 4) is 5.88 Å². The number of nitrogens with one attached hydrogen (secondary N) is 1. The van der Waals surface area contributed by atoms with E-state index >= 15 is 0 Å². The number of benzene rings is 1. The van der Waals surface area contributed by atoms with Crippen LogP contribution in [0.1, 0.15) is 57.1 Å². The summed E-state index contributed by atoms with van der Waals surface area (Å²) >= 11 is 0. The molecule has 0 unspecified atom stereocenters. The van der Waals surface area contributed by atoms with Gasteiger partial charge in [-0.15, -0.1) is 0 Å². The third-order valence-corrected chi connectivity index (χ3v) is 5.29. The van der Waals surface area contributed by atoms with Crippen molar-refractivity contribution in [2.75, 3.05) is 19.0 Å². The number of rotatable bonds is 5. The summed E-state index contributed by atoms with van der Waals surface area (Å²) in [5, 5.41) is 10.9. The van der Waals surface area contributed by atoms with Gasteiger partial charge in [-0.3, -0.25) is 19.3 Å². The van der Waals surface area contributed by atoms with Crippen LogP contribution in [0.15, 0.2) is 38.8 Å². The normalized spacial score (nSPS) is 15.6. The fourth-order valence-electron chi connectivity index (χ4n) is 3.78. The number of anilines is 1.